The molecular formula is C12H14N4O2S. The van der Waals surface area contributed by atoms with Gasteiger partial charge in [0.2, 0.25) is 0 Å². The predicted molar refractivity (Wildman–Crippen MR) is 72.3 cm³/mol. The molecule has 2 rings (SSSR count). The highest BCUT2D eigenvalue weighted by molar-refractivity contribution is 7.98. The predicted octanol–water partition coefficient (Wildman–Crippen LogP) is 2.07. The normalized spacial score (nSPS) is 11.8. The molecule has 2 aromatic rings. The summed E-state index contributed by atoms with van der Waals surface area (Å²) < 4.78 is 5.48. The third-order valence-corrected chi connectivity index (χ3v) is 3.48. The van der Waals surface area contributed by atoms with Crippen LogP contribution in [-0.2, 0) is 5.75 Å². The van der Waals surface area contributed by atoms with Crippen LogP contribution in [0.5, 0.6) is 0 Å². The van der Waals surface area contributed by atoms with Crippen molar-refractivity contribution in [3.8, 4) is 0 Å². The lowest BCUT2D eigenvalue weighted by atomic mass is 10.2. The second-order valence-corrected chi connectivity index (χ2v) is 4.83. The number of nitrogens with zero attached hydrogens (tertiary/aromatic N) is 3. The molecule has 0 atom stereocenters. The first-order chi connectivity index (χ1) is 9.11. The van der Waals surface area contributed by atoms with Gasteiger partial charge in [-0.25, -0.2) is 4.98 Å². The summed E-state index contributed by atoms with van der Waals surface area (Å²) in [7, 11) is 0. The van der Waals surface area contributed by atoms with E-state index in [-0.39, 0.29) is 5.84 Å². The fourth-order valence-corrected chi connectivity index (χ4v) is 2.37. The third kappa shape index (κ3) is 3.05. The van der Waals surface area contributed by atoms with Gasteiger partial charge in [0, 0.05) is 11.9 Å². The van der Waals surface area contributed by atoms with Crippen LogP contribution in [0.2, 0.25) is 0 Å². The Morgan fingerprint density at radius 2 is 2.32 bits per heavy atom. The zero-order valence-electron chi connectivity index (χ0n) is 10.6. The summed E-state index contributed by atoms with van der Waals surface area (Å²) in [4.78, 5) is 8.39. The van der Waals surface area contributed by atoms with E-state index in [0.717, 1.165) is 17.0 Å². The SMILES string of the molecule is Cc1nc(SCc2cccnc2/C(N)=N/O)oc1C. The second-order valence-electron chi connectivity index (χ2n) is 3.91. The number of amidine groups is 1. The summed E-state index contributed by atoms with van der Waals surface area (Å²) in [5, 5.41) is 12.3. The molecule has 7 heteroatoms. The Labute approximate surface area is 114 Å². The smallest absolute Gasteiger partial charge is 0.256 e. The number of nitrogens with two attached hydrogens (primary N) is 1. The molecule has 0 aliphatic carbocycles. The molecule has 0 fully saturated rings. The van der Waals surface area contributed by atoms with Crippen molar-refractivity contribution in [1.82, 2.24) is 9.97 Å². The van der Waals surface area contributed by atoms with Crippen LogP contribution in [0.4, 0.5) is 0 Å². The van der Waals surface area contributed by atoms with E-state index in [2.05, 4.69) is 15.1 Å². The number of oxazole rings is 1. The Balaban J connectivity index is 2.15. The van der Waals surface area contributed by atoms with E-state index in [9.17, 15) is 0 Å². The molecule has 0 bridgehead atoms. The zero-order chi connectivity index (χ0) is 13.8. The Hall–Kier alpha value is -2.02. The number of thioether (sulfide) groups is 1. The van der Waals surface area contributed by atoms with Crippen LogP contribution in [-0.4, -0.2) is 21.0 Å². The first kappa shape index (κ1) is 13.4. The minimum Gasteiger partial charge on any atom is -0.437 e. The molecule has 0 saturated heterocycles. The van der Waals surface area contributed by atoms with Crippen molar-refractivity contribution in [3.05, 3.63) is 41.0 Å². The van der Waals surface area contributed by atoms with Crippen molar-refractivity contribution in [2.75, 3.05) is 0 Å². The number of aryl methyl sites for hydroxylation is 2. The van der Waals surface area contributed by atoms with Gasteiger partial charge in [0.15, 0.2) is 5.84 Å². The van der Waals surface area contributed by atoms with Crippen LogP contribution in [0.3, 0.4) is 0 Å². The number of oxime groups is 1. The van der Waals surface area contributed by atoms with E-state index in [0.29, 0.717) is 16.7 Å². The summed E-state index contributed by atoms with van der Waals surface area (Å²) >= 11 is 1.44. The second kappa shape index (κ2) is 5.75. The molecule has 19 heavy (non-hydrogen) atoms. The van der Waals surface area contributed by atoms with Gasteiger partial charge in [-0.1, -0.05) is 23.0 Å². The van der Waals surface area contributed by atoms with Crippen LogP contribution < -0.4 is 5.73 Å². The average Bonchev–Trinajstić information content (AvgIpc) is 2.75. The minimum atomic E-state index is -0.00374. The maximum atomic E-state index is 8.72. The Morgan fingerprint density at radius 1 is 1.53 bits per heavy atom. The van der Waals surface area contributed by atoms with Gasteiger partial charge in [-0.05, 0) is 25.5 Å². The van der Waals surface area contributed by atoms with Crippen LogP contribution in [0.25, 0.3) is 0 Å². The van der Waals surface area contributed by atoms with Gasteiger partial charge in [0.05, 0.1) is 5.69 Å². The highest BCUT2D eigenvalue weighted by atomic mass is 32.2. The lowest BCUT2D eigenvalue weighted by Gasteiger charge is -2.04. The van der Waals surface area contributed by atoms with E-state index in [1.165, 1.54) is 11.8 Å². The average molecular weight is 278 g/mol. The molecular weight excluding hydrogens is 264 g/mol. The number of hydrogen-bond acceptors (Lipinski definition) is 6. The largest absolute Gasteiger partial charge is 0.437 e. The lowest BCUT2D eigenvalue weighted by molar-refractivity contribution is 0.318. The molecule has 2 aromatic heterocycles. The minimum absolute atomic E-state index is 0.00374. The van der Waals surface area contributed by atoms with Crippen molar-refractivity contribution in [2.45, 2.75) is 24.8 Å². The number of hydrogen-bond donors (Lipinski definition) is 2. The molecule has 6 nitrogen and oxygen atoms in total. The Kier molecular flexibility index (Phi) is 4.06. The van der Waals surface area contributed by atoms with Gasteiger partial charge in [-0.3, -0.25) is 4.98 Å². The highest BCUT2D eigenvalue weighted by Crippen LogP contribution is 2.24. The number of rotatable bonds is 4. The topological polar surface area (TPSA) is 97.5 Å². The quantitative estimate of drug-likeness (QED) is 0.292. The maximum Gasteiger partial charge on any atom is 0.256 e. The first-order valence-corrected chi connectivity index (χ1v) is 6.59. The molecule has 0 amide bonds. The van der Waals surface area contributed by atoms with Crippen molar-refractivity contribution in [3.63, 3.8) is 0 Å². The fourth-order valence-electron chi connectivity index (χ4n) is 1.48. The van der Waals surface area contributed by atoms with Gasteiger partial charge in [0.1, 0.15) is 11.5 Å². The standard InChI is InChI=1S/C12H14N4O2S/c1-7-8(2)18-12(15-7)19-6-9-4-3-5-14-10(9)11(13)16-17/h3-5,17H,6H2,1-2H3,(H2,13,16). The van der Waals surface area contributed by atoms with Crippen LogP contribution >= 0.6 is 11.8 Å². The summed E-state index contributed by atoms with van der Waals surface area (Å²) in [6.07, 6.45) is 1.60. The summed E-state index contributed by atoms with van der Waals surface area (Å²) in [5.41, 5.74) is 7.79. The highest BCUT2D eigenvalue weighted by Gasteiger charge is 2.11. The molecule has 3 N–H and O–H groups in total. The van der Waals surface area contributed by atoms with E-state index in [1.54, 1.807) is 12.3 Å². The molecule has 100 valence electrons. The van der Waals surface area contributed by atoms with Crippen molar-refractivity contribution < 1.29 is 9.62 Å². The molecule has 0 radical (unpaired) electrons. The van der Waals surface area contributed by atoms with Crippen LogP contribution in [0.15, 0.2) is 33.1 Å². The molecule has 0 unspecified atom stereocenters. The van der Waals surface area contributed by atoms with Crippen molar-refractivity contribution >= 4 is 17.6 Å². The zero-order valence-corrected chi connectivity index (χ0v) is 11.4. The number of aromatic nitrogens is 2. The van der Waals surface area contributed by atoms with Gasteiger partial charge in [0.25, 0.3) is 5.22 Å². The fraction of sp³-hybridized carbons (Fsp3) is 0.250. The van der Waals surface area contributed by atoms with Crippen LogP contribution in [0.1, 0.15) is 22.7 Å². The van der Waals surface area contributed by atoms with E-state index < -0.39 is 0 Å². The molecule has 0 aromatic carbocycles. The molecule has 0 saturated carbocycles. The number of pyridine rings is 1. The van der Waals surface area contributed by atoms with Gasteiger partial charge >= 0.3 is 0 Å². The van der Waals surface area contributed by atoms with Gasteiger partial charge in [-0.2, -0.15) is 0 Å². The monoisotopic (exact) mass is 278 g/mol. The molecule has 0 aliphatic rings. The maximum absolute atomic E-state index is 8.72. The van der Waals surface area contributed by atoms with E-state index in [1.807, 2.05) is 19.9 Å². The molecule has 0 spiro atoms. The van der Waals surface area contributed by atoms with E-state index >= 15 is 0 Å². The third-order valence-electron chi connectivity index (χ3n) is 2.60. The van der Waals surface area contributed by atoms with Gasteiger partial charge < -0.3 is 15.4 Å². The Bertz CT molecular complexity index is 590. The lowest BCUT2D eigenvalue weighted by Crippen LogP contribution is -2.17. The first-order valence-electron chi connectivity index (χ1n) is 5.60. The molecule has 0 aliphatic heterocycles. The molecule has 2 heterocycles. The van der Waals surface area contributed by atoms with Crippen molar-refractivity contribution in [1.29, 1.82) is 0 Å². The summed E-state index contributed by atoms with van der Waals surface area (Å²) in [6.45, 7) is 3.77. The van der Waals surface area contributed by atoms with Crippen molar-refractivity contribution in [2.24, 2.45) is 10.9 Å². The van der Waals surface area contributed by atoms with Gasteiger partial charge in [-0.15, -0.1) is 0 Å². The summed E-state index contributed by atoms with van der Waals surface area (Å²) in [6, 6.07) is 3.67. The van der Waals surface area contributed by atoms with Crippen LogP contribution in [0, 0.1) is 13.8 Å². The Morgan fingerprint density at radius 3 is 2.95 bits per heavy atom. The van der Waals surface area contributed by atoms with E-state index in [4.69, 9.17) is 15.4 Å². The summed E-state index contributed by atoms with van der Waals surface area (Å²) in [5.74, 6) is 1.39.